The Labute approximate surface area is 86.2 Å². The molecule has 1 aromatic rings. The van der Waals surface area contributed by atoms with Crippen LogP contribution in [0.5, 0.6) is 0 Å². The normalized spacial score (nSPS) is 10.8. The van der Waals surface area contributed by atoms with Crippen LogP contribution in [0.4, 0.5) is 0 Å². The highest BCUT2D eigenvalue weighted by Crippen LogP contribution is 2.11. The molecule has 0 spiro atoms. The van der Waals surface area contributed by atoms with Crippen LogP contribution in [0.3, 0.4) is 0 Å². The largest absolute Gasteiger partial charge is 0.324 e. The standard InChI is InChI=1S/C9H13N.2ClH/c1-2-9(10)8-6-4-3-5-7-8;;/h3-7,9H,2,10H2,1H3;2*1H/t9-;;/m0../s1. The molecule has 0 fully saturated rings. The van der Waals surface area contributed by atoms with E-state index in [0.717, 1.165) is 6.42 Å². The van der Waals surface area contributed by atoms with Crippen molar-refractivity contribution in [3.05, 3.63) is 35.9 Å². The first-order chi connectivity index (χ1) is 4.84. The van der Waals surface area contributed by atoms with Crippen molar-refractivity contribution < 1.29 is 0 Å². The summed E-state index contributed by atoms with van der Waals surface area (Å²) in [6.07, 6.45) is 1.00. The lowest BCUT2D eigenvalue weighted by Crippen LogP contribution is -2.07. The van der Waals surface area contributed by atoms with Gasteiger partial charge in [-0.15, -0.1) is 24.8 Å². The van der Waals surface area contributed by atoms with Crippen molar-refractivity contribution in [2.24, 2.45) is 5.73 Å². The Morgan fingerprint density at radius 1 is 1.17 bits per heavy atom. The van der Waals surface area contributed by atoms with Gasteiger partial charge in [-0.25, -0.2) is 0 Å². The van der Waals surface area contributed by atoms with Crippen molar-refractivity contribution >= 4 is 24.8 Å². The van der Waals surface area contributed by atoms with Gasteiger partial charge in [0.25, 0.3) is 0 Å². The van der Waals surface area contributed by atoms with Crippen molar-refractivity contribution in [1.82, 2.24) is 0 Å². The third-order valence-electron chi connectivity index (χ3n) is 1.67. The predicted octanol–water partition coefficient (Wildman–Crippen LogP) is 2.94. The maximum absolute atomic E-state index is 5.79. The highest BCUT2D eigenvalue weighted by Gasteiger charge is 1.99. The number of nitrogens with two attached hydrogens (primary N) is 1. The third-order valence-corrected chi connectivity index (χ3v) is 1.67. The Balaban J connectivity index is 0. The van der Waals surface area contributed by atoms with Gasteiger partial charge in [-0.05, 0) is 12.0 Å². The van der Waals surface area contributed by atoms with Gasteiger partial charge in [0.05, 0.1) is 0 Å². The van der Waals surface area contributed by atoms with Gasteiger partial charge >= 0.3 is 0 Å². The summed E-state index contributed by atoms with van der Waals surface area (Å²) in [5.41, 5.74) is 7.02. The Bertz CT molecular complexity index is 189. The molecule has 0 aliphatic carbocycles. The van der Waals surface area contributed by atoms with Crippen LogP contribution in [0, 0.1) is 0 Å². The molecule has 0 unspecified atom stereocenters. The second kappa shape index (κ2) is 7.41. The zero-order valence-corrected chi connectivity index (χ0v) is 8.70. The van der Waals surface area contributed by atoms with Gasteiger partial charge in [0, 0.05) is 6.04 Å². The van der Waals surface area contributed by atoms with Gasteiger partial charge in [0.1, 0.15) is 0 Å². The first-order valence-electron chi connectivity index (χ1n) is 3.65. The molecule has 0 aromatic heterocycles. The van der Waals surface area contributed by atoms with E-state index in [4.69, 9.17) is 5.73 Å². The molecule has 0 bridgehead atoms. The van der Waals surface area contributed by atoms with Crippen LogP contribution in [0.25, 0.3) is 0 Å². The van der Waals surface area contributed by atoms with Crippen LogP contribution >= 0.6 is 24.8 Å². The molecule has 12 heavy (non-hydrogen) atoms. The number of rotatable bonds is 2. The van der Waals surface area contributed by atoms with E-state index in [2.05, 4.69) is 19.1 Å². The Morgan fingerprint density at radius 2 is 1.67 bits per heavy atom. The van der Waals surface area contributed by atoms with Gasteiger partial charge in [-0.3, -0.25) is 0 Å². The highest BCUT2D eigenvalue weighted by atomic mass is 35.5. The van der Waals surface area contributed by atoms with Gasteiger partial charge in [-0.2, -0.15) is 0 Å². The summed E-state index contributed by atoms with van der Waals surface area (Å²) >= 11 is 0. The van der Waals surface area contributed by atoms with Gasteiger partial charge in [-0.1, -0.05) is 37.3 Å². The molecule has 1 aromatic carbocycles. The van der Waals surface area contributed by atoms with Crippen LogP contribution < -0.4 is 5.73 Å². The van der Waals surface area contributed by atoms with Gasteiger partial charge in [0.2, 0.25) is 0 Å². The van der Waals surface area contributed by atoms with Gasteiger partial charge < -0.3 is 5.73 Å². The van der Waals surface area contributed by atoms with Crippen molar-refractivity contribution in [1.29, 1.82) is 0 Å². The fraction of sp³-hybridized carbons (Fsp3) is 0.333. The molecule has 70 valence electrons. The number of hydrogen-bond acceptors (Lipinski definition) is 1. The van der Waals surface area contributed by atoms with E-state index in [1.165, 1.54) is 5.56 Å². The van der Waals surface area contributed by atoms with Crippen LogP contribution in [0.2, 0.25) is 0 Å². The second-order valence-corrected chi connectivity index (χ2v) is 2.43. The summed E-state index contributed by atoms with van der Waals surface area (Å²) in [6, 6.07) is 10.4. The van der Waals surface area contributed by atoms with E-state index in [0.29, 0.717) is 0 Å². The zero-order valence-electron chi connectivity index (χ0n) is 7.07. The minimum Gasteiger partial charge on any atom is -0.324 e. The highest BCUT2D eigenvalue weighted by molar-refractivity contribution is 5.85. The minimum absolute atomic E-state index is 0. The maximum atomic E-state index is 5.79. The lowest BCUT2D eigenvalue weighted by Gasteiger charge is -2.06. The maximum Gasteiger partial charge on any atom is 0.0292 e. The monoisotopic (exact) mass is 207 g/mol. The summed E-state index contributed by atoms with van der Waals surface area (Å²) in [5, 5.41) is 0. The average molecular weight is 208 g/mol. The summed E-state index contributed by atoms with van der Waals surface area (Å²) in [4.78, 5) is 0. The van der Waals surface area contributed by atoms with E-state index in [1.807, 2.05) is 18.2 Å². The molecule has 0 aliphatic heterocycles. The fourth-order valence-corrected chi connectivity index (χ4v) is 0.936. The van der Waals surface area contributed by atoms with Crippen LogP contribution in [-0.2, 0) is 0 Å². The molecular weight excluding hydrogens is 193 g/mol. The van der Waals surface area contributed by atoms with Crippen molar-refractivity contribution in [2.45, 2.75) is 19.4 Å². The lowest BCUT2D eigenvalue weighted by atomic mass is 10.1. The summed E-state index contributed by atoms with van der Waals surface area (Å²) < 4.78 is 0. The van der Waals surface area contributed by atoms with Crippen LogP contribution in [0.15, 0.2) is 30.3 Å². The Kier molecular flexibility index (Phi) is 8.83. The second-order valence-electron chi connectivity index (χ2n) is 2.43. The fourth-order valence-electron chi connectivity index (χ4n) is 0.936. The molecule has 0 heterocycles. The van der Waals surface area contributed by atoms with Crippen LogP contribution in [-0.4, -0.2) is 0 Å². The smallest absolute Gasteiger partial charge is 0.0292 e. The zero-order chi connectivity index (χ0) is 7.40. The molecule has 0 saturated heterocycles. The van der Waals surface area contributed by atoms with Crippen molar-refractivity contribution in [2.75, 3.05) is 0 Å². The van der Waals surface area contributed by atoms with Crippen LogP contribution in [0.1, 0.15) is 24.9 Å². The van der Waals surface area contributed by atoms with Gasteiger partial charge in [0.15, 0.2) is 0 Å². The van der Waals surface area contributed by atoms with E-state index in [1.54, 1.807) is 0 Å². The molecule has 0 radical (unpaired) electrons. The van der Waals surface area contributed by atoms with E-state index < -0.39 is 0 Å². The topological polar surface area (TPSA) is 26.0 Å². The van der Waals surface area contributed by atoms with E-state index >= 15 is 0 Å². The number of halogens is 2. The molecule has 0 saturated carbocycles. The third kappa shape index (κ3) is 3.96. The predicted molar refractivity (Wildman–Crippen MR) is 58.2 cm³/mol. The number of benzene rings is 1. The van der Waals surface area contributed by atoms with E-state index in [-0.39, 0.29) is 30.9 Å². The molecular formula is C9H15Cl2N. The average Bonchev–Trinajstić information content (AvgIpc) is 2.05. The molecule has 1 atom stereocenters. The summed E-state index contributed by atoms with van der Waals surface area (Å²) in [5.74, 6) is 0. The Hall–Kier alpha value is -0.240. The van der Waals surface area contributed by atoms with Crippen molar-refractivity contribution in [3.63, 3.8) is 0 Å². The summed E-state index contributed by atoms with van der Waals surface area (Å²) in [6.45, 7) is 2.09. The Morgan fingerprint density at radius 3 is 2.08 bits per heavy atom. The van der Waals surface area contributed by atoms with Crippen molar-refractivity contribution in [3.8, 4) is 0 Å². The molecule has 3 heteroatoms. The summed E-state index contributed by atoms with van der Waals surface area (Å²) in [7, 11) is 0. The lowest BCUT2D eigenvalue weighted by molar-refractivity contribution is 0.699. The molecule has 1 rings (SSSR count). The first kappa shape index (κ1) is 14.3. The SMILES string of the molecule is CC[C@H](N)c1ccccc1.Cl.Cl. The minimum atomic E-state index is 0. The first-order valence-corrected chi connectivity index (χ1v) is 3.65. The molecule has 0 aliphatic rings. The van der Waals surface area contributed by atoms with E-state index in [9.17, 15) is 0 Å². The number of hydrogen-bond donors (Lipinski definition) is 1. The molecule has 0 amide bonds. The quantitative estimate of drug-likeness (QED) is 0.794. The molecule has 1 nitrogen and oxygen atoms in total. The molecule has 2 N–H and O–H groups in total.